The van der Waals surface area contributed by atoms with E-state index in [4.69, 9.17) is 0 Å². The molecule has 10 heteroatoms. The van der Waals surface area contributed by atoms with Crippen LogP contribution in [0.1, 0.15) is 22.3 Å². The molecule has 0 radical (unpaired) electrons. The Labute approximate surface area is 167 Å². The van der Waals surface area contributed by atoms with Crippen LogP contribution in [0.15, 0.2) is 48.5 Å². The molecule has 0 saturated carbocycles. The largest absolute Gasteiger partial charge is 0.467 e. The molecule has 1 amide bonds. The Kier molecular flexibility index (Phi) is 7.12. The Morgan fingerprint density at radius 2 is 1.53 bits per heavy atom. The van der Waals surface area contributed by atoms with Crippen molar-refractivity contribution in [2.75, 3.05) is 7.11 Å². The summed E-state index contributed by atoms with van der Waals surface area (Å²) in [5.41, 5.74) is -1.81. The first-order valence-corrected chi connectivity index (χ1v) is 8.60. The van der Waals surface area contributed by atoms with Gasteiger partial charge in [0, 0.05) is 6.42 Å². The van der Waals surface area contributed by atoms with E-state index in [-0.39, 0.29) is 17.5 Å². The summed E-state index contributed by atoms with van der Waals surface area (Å²) < 4.78 is 81.8. The average Bonchev–Trinajstić information content (AvgIpc) is 2.66. The van der Waals surface area contributed by atoms with Gasteiger partial charge in [-0.2, -0.15) is 26.3 Å². The number of amides is 1. The molecule has 0 heterocycles. The van der Waals surface area contributed by atoms with E-state index in [2.05, 4.69) is 10.1 Å². The number of halogens is 6. The molecule has 2 aromatic carbocycles. The van der Waals surface area contributed by atoms with Gasteiger partial charge >= 0.3 is 18.3 Å². The molecule has 0 aliphatic carbocycles. The minimum absolute atomic E-state index is 0.213. The predicted octanol–water partition coefficient (Wildman–Crippen LogP) is 4.17. The van der Waals surface area contributed by atoms with Crippen molar-refractivity contribution >= 4 is 11.9 Å². The fourth-order valence-electron chi connectivity index (χ4n) is 2.77. The smallest absolute Gasteiger partial charge is 0.416 e. The number of carbonyl (C=O) groups excluding carboxylic acids is 2. The lowest BCUT2D eigenvalue weighted by molar-refractivity contribution is -0.145. The molecule has 0 aromatic heterocycles. The average molecular weight is 433 g/mol. The number of benzene rings is 2. The van der Waals surface area contributed by atoms with Crippen molar-refractivity contribution < 1.29 is 40.7 Å². The molecule has 0 saturated heterocycles. The van der Waals surface area contributed by atoms with E-state index >= 15 is 0 Å². The normalized spacial score (nSPS) is 12.9. The van der Waals surface area contributed by atoms with Crippen LogP contribution in [-0.4, -0.2) is 25.0 Å². The van der Waals surface area contributed by atoms with Crippen LogP contribution >= 0.6 is 0 Å². The predicted molar refractivity (Wildman–Crippen MR) is 94.2 cm³/mol. The fourth-order valence-corrected chi connectivity index (χ4v) is 2.77. The van der Waals surface area contributed by atoms with Crippen molar-refractivity contribution in [3.8, 4) is 0 Å². The molecular weight excluding hydrogens is 416 g/mol. The quantitative estimate of drug-likeness (QED) is 0.550. The number of nitrogens with one attached hydrogen (secondary N) is 1. The molecule has 30 heavy (non-hydrogen) atoms. The number of methoxy groups -OCH3 is 1. The number of alkyl halides is 6. The molecule has 0 bridgehead atoms. The van der Waals surface area contributed by atoms with Gasteiger partial charge in [-0.05, 0) is 29.3 Å². The van der Waals surface area contributed by atoms with E-state index in [9.17, 15) is 35.9 Å². The van der Waals surface area contributed by atoms with Crippen molar-refractivity contribution in [1.29, 1.82) is 0 Å². The zero-order valence-corrected chi connectivity index (χ0v) is 15.6. The second-order valence-corrected chi connectivity index (χ2v) is 6.37. The van der Waals surface area contributed by atoms with E-state index < -0.39 is 47.8 Å². The summed E-state index contributed by atoms with van der Waals surface area (Å²) in [7, 11) is 1.02. The molecule has 2 rings (SSSR count). The maximum Gasteiger partial charge on any atom is 0.416 e. The van der Waals surface area contributed by atoms with Gasteiger partial charge in [0.25, 0.3) is 0 Å². The standard InChI is InChI=1S/C20H17F6NO3/c1-30-18(29)16(11-13-4-2-3-5-15(13)20(24,25)26)27-17(28)10-12-6-8-14(9-7-12)19(21,22)23/h2-9,16H,10-11H2,1H3,(H,27,28)/t16-/m1/s1. The second kappa shape index (κ2) is 9.19. The first-order chi connectivity index (χ1) is 13.9. The Hall–Kier alpha value is -3.04. The van der Waals surface area contributed by atoms with Gasteiger partial charge in [-0.3, -0.25) is 4.79 Å². The number of rotatable bonds is 6. The minimum atomic E-state index is -4.65. The number of carbonyl (C=O) groups is 2. The van der Waals surface area contributed by atoms with Gasteiger partial charge in [0.15, 0.2) is 0 Å². The first-order valence-electron chi connectivity index (χ1n) is 8.60. The van der Waals surface area contributed by atoms with Gasteiger partial charge in [-0.15, -0.1) is 0 Å². The fraction of sp³-hybridized carbons (Fsp3) is 0.300. The van der Waals surface area contributed by atoms with Crippen molar-refractivity contribution in [3.63, 3.8) is 0 Å². The van der Waals surface area contributed by atoms with E-state index in [1.165, 1.54) is 18.2 Å². The SMILES string of the molecule is COC(=O)[C@@H](Cc1ccccc1C(F)(F)F)NC(=O)Cc1ccc(C(F)(F)F)cc1. The zero-order chi connectivity index (χ0) is 22.5. The van der Waals surface area contributed by atoms with Crippen LogP contribution in [0.3, 0.4) is 0 Å². The maximum absolute atomic E-state index is 13.2. The summed E-state index contributed by atoms with van der Waals surface area (Å²) in [5, 5.41) is 2.29. The van der Waals surface area contributed by atoms with E-state index in [0.29, 0.717) is 0 Å². The lowest BCUT2D eigenvalue weighted by atomic mass is 9.99. The molecule has 0 unspecified atom stereocenters. The Morgan fingerprint density at radius 3 is 2.07 bits per heavy atom. The van der Waals surface area contributed by atoms with E-state index in [1.807, 2.05) is 0 Å². The van der Waals surface area contributed by atoms with Crippen molar-refractivity contribution in [3.05, 3.63) is 70.8 Å². The molecule has 162 valence electrons. The number of esters is 1. The number of hydrogen-bond donors (Lipinski definition) is 1. The summed E-state index contributed by atoms with van der Waals surface area (Å²) in [4.78, 5) is 24.2. The lowest BCUT2D eigenvalue weighted by Crippen LogP contribution is -2.44. The number of ether oxygens (including phenoxy) is 1. The molecule has 1 atom stereocenters. The first kappa shape index (κ1) is 23.2. The highest BCUT2D eigenvalue weighted by atomic mass is 19.4. The highest BCUT2D eigenvalue weighted by molar-refractivity contribution is 5.85. The van der Waals surface area contributed by atoms with Gasteiger partial charge in [-0.25, -0.2) is 4.79 Å². The van der Waals surface area contributed by atoms with Crippen molar-refractivity contribution in [1.82, 2.24) is 5.32 Å². The Bertz CT molecular complexity index is 891. The third kappa shape index (κ3) is 6.23. The summed E-state index contributed by atoms with van der Waals surface area (Å²) in [5.74, 6) is -1.71. The second-order valence-electron chi connectivity index (χ2n) is 6.37. The van der Waals surface area contributed by atoms with Crippen LogP contribution < -0.4 is 5.32 Å². The highest BCUT2D eigenvalue weighted by Crippen LogP contribution is 2.32. The molecule has 2 aromatic rings. The van der Waals surface area contributed by atoms with Gasteiger partial charge in [0.05, 0.1) is 24.7 Å². The van der Waals surface area contributed by atoms with Crippen molar-refractivity contribution in [2.24, 2.45) is 0 Å². The molecule has 0 fully saturated rings. The van der Waals surface area contributed by atoms with Crippen LogP contribution in [0.4, 0.5) is 26.3 Å². The van der Waals surface area contributed by atoms with Gasteiger partial charge < -0.3 is 10.1 Å². The third-order valence-corrected chi connectivity index (χ3v) is 4.21. The van der Waals surface area contributed by atoms with E-state index in [1.54, 1.807) is 0 Å². The van der Waals surface area contributed by atoms with Crippen LogP contribution in [0.2, 0.25) is 0 Å². The van der Waals surface area contributed by atoms with E-state index in [0.717, 1.165) is 37.4 Å². The monoisotopic (exact) mass is 433 g/mol. The maximum atomic E-state index is 13.2. The van der Waals surface area contributed by atoms with Crippen LogP contribution in [-0.2, 0) is 39.5 Å². The third-order valence-electron chi connectivity index (χ3n) is 4.21. The summed E-state index contributed by atoms with van der Waals surface area (Å²) >= 11 is 0. The number of hydrogen-bond acceptors (Lipinski definition) is 3. The highest BCUT2D eigenvalue weighted by Gasteiger charge is 2.34. The molecule has 0 spiro atoms. The lowest BCUT2D eigenvalue weighted by Gasteiger charge is -2.19. The van der Waals surface area contributed by atoms with Gasteiger partial charge in [0.1, 0.15) is 6.04 Å². The van der Waals surface area contributed by atoms with Crippen LogP contribution in [0.5, 0.6) is 0 Å². The molecule has 0 aliphatic rings. The Balaban J connectivity index is 2.14. The Morgan fingerprint density at radius 1 is 0.933 bits per heavy atom. The summed E-state index contributed by atoms with van der Waals surface area (Å²) in [6, 6.07) is 7.02. The summed E-state index contributed by atoms with van der Waals surface area (Å²) in [6.07, 6.45) is -10.0. The van der Waals surface area contributed by atoms with Gasteiger partial charge in [0.2, 0.25) is 5.91 Å². The minimum Gasteiger partial charge on any atom is -0.467 e. The van der Waals surface area contributed by atoms with Crippen LogP contribution in [0.25, 0.3) is 0 Å². The van der Waals surface area contributed by atoms with Crippen molar-refractivity contribution in [2.45, 2.75) is 31.2 Å². The van der Waals surface area contributed by atoms with Crippen LogP contribution in [0, 0.1) is 0 Å². The molecule has 4 nitrogen and oxygen atoms in total. The zero-order valence-electron chi connectivity index (χ0n) is 15.6. The molecule has 0 aliphatic heterocycles. The molecule has 1 N–H and O–H groups in total. The summed E-state index contributed by atoms with van der Waals surface area (Å²) in [6.45, 7) is 0. The molecular formula is C20H17F6NO3. The topological polar surface area (TPSA) is 55.4 Å². The van der Waals surface area contributed by atoms with Gasteiger partial charge in [-0.1, -0.05) is 30.3 Å².